The standard InChI is InChI=1S/C21H25N5O/c1-14-17-6-4-5-7-19(17)24-15(2)18(14)10-21(27)26-9-8-22-12-20(26)16-11-23-25(3)13-16/h4-7,11,13,20,22H,8-10,12H2,1-3H3. The van der Waals surface area contributed by atoms with Crippen LogP contribution < -0.4 is 5.32 Å². The van der Waals surface area contributed by atoms with E-state index in [0.717, 1.165) is 46.4 Å². The molecule has 140 valence electrons. The van der Waals surface area contributed by atoms with Crippen LogP contribution in [0.15, 0.2) is 36.7 Å². The zero-order valence-corrected chi connectivity index (χ0v) is 16.1. The van der Waals surface area contributed by atoms with Gasteiger partial charge in [-0.3, -0.25) is 14.5 Å². The van der Waals surface area contributed by atoms with Crippen LogP contribution in [0.5, 0.6) is 0 Å². The molecule has 1 fully saturated rings. The molecule has 1 unspecified atom stereocenters. The Morgan fingerprint density at radius 2 is 2.11 bits per heavy atom. The number of hydrogen-bond acceptors (Lipinski definition) is 4. The first kappa shape index (κ1) is 17.7. The Labute approximate surface area is 159 Å². The van der Waals surface area contributed by atoms with Crippen molar-refractivity contribution in [3.63, 3.8) is 0 Å². The molecule has 1 saturated heterocycles. The van der Waals surface area contributed by atoms with E-state index in [2.05, 4.69) is 23.4 Å². The molecular weight excluding hydrogens is 338 g/mol. The molecule has 0 radical (unpaired) electrons. The number of para-hydroxylation sites is 1. The van der Waals surface area contributed by atoms with Crippen LogP contribution in [-0.4, -0.2) is 45.2 Å². The van der Waals surface area contributed by atoms with Crippen LogP contribution in [0.4, 0.5) is 0 Å². The highest BCUT2D eigenvalue weighted by Gasteiger charge is 2.29. The lowest BCUT2D eigenvalue weighted by Gasteiger charge is -2.36. The van der Waals surface area contributed by atoms with E-state index in [0.29, 0.717) is 13.0 Å². The van der Waals surface area contributed by atoms with Gasteiger partial charge in [-0.25, -0.2) is 0 Å². The van der Waals surface area contributed by atoms with Gasteiger partial charge in [0, 0.05) is 49.5 Å². The van der Waals surface area contributed by atoms with Gasteiger partial charge >= 0.3 is 0 Å². The van der Waals surface area contributed by atoms with Gasteiger partial charge in [-0.05, 0) is 31.0 Å². The average molecular weight is 363 g/mol. The predicted molar refractivity (Wildman–Crippen MR) is 105 cm³/mol. The lowest BCUT2D eigenvalue weighted by atomic mass is 9.98. The maximum atomic E-state index is 13.2. The molecule has 1 amide bonds. The summed E-state index contributed by atoms with van der Waals surface area (Å²) < 4.78 is 1.79. The summed E-state index contributed by atoms with van der Waals surface area (Å²) in [5, 5.41) is 8.79. The number of amides is 1. The number of carbonyl (C=O) groups excluding carboxylic acids is 1. The van der Waals surface area contributed by atoms with Crippen LogP contribution in [0.2, 0.25) is 0 Å². The lowest BCUT2D eigenvalue weighted by Crippen LogP contribution is -2.49. The summed E-state index contributed by atoms with van der Waals surface area (Å²) in [5.74, 6) is 0.147. The molecule has 1 aliphatic heterocycles. The second kappa shape index (κ2) is 7.12. The van der Waals surface area contributed by atoms with Crippen molar-refractivity contribution >= 4 is 16.8 Å². The maximum absolute atomic E-state index is 13.2. The van der Waals surface area contributed by atoms with Crippen LogP contribution in [0.1, 0.15) is 28.4 Å². The minimum atomic E-state index is 0.0222. The van der Waals surface area contributed by atoms with Gasteiger partial charge in [-0.15, -0.1) is 0 Å². The zero-order valence-electron chi connectivity index (χ0n) is 16.1. The molecule has 0 spiro atoms. The van der Waals surface area contributed by atoms with Crippen LogP contribution in [0.3, 0.4) is 0 Å². The smallest absolute Gasteiger partial charge is 0.227 e. The molecule has 4 rings (SSSR count). The first-order valence-electron chi connectivity index (χ1n) is 9.38. The predicted octanol–water partition coefficient (Wildman–Crippen LogP) is 2.30. The number of fused-ring (bicyclic) bond motifs is 1. The molecule has 6 heteroatoms. The number of hydrogen-bond donors (Lipinski definition) is 1. The molecule has 3 aromatic rings. The van der Waals surface area contributed by atoms with Crippen molar-refractivity contribution in [2.24, 2.45) is 7.05 Å². The van der Waals surface area contributed by atoms with Crippen molar-refractivity contribution in [1.29, 1.82) is 0 Å². The number of pyridine rings is 1. The van der Waals surface area contributed by atoms with Gasteiger partial charge in [-0.1, -0.05) is 18.2 Å². The number of aromatic nitrogens is 3. The molecule has 0 bridgehead atoms. The molecule has 0 saturated carbocycles. The van der Waals surface area contributed by atoms with Crippen molar-refractivity contribution < 1.29 is 4.79 Å². The van der Waals surface area contributed by atoms with Crippen molar-refractivity contribution in [2.45, 2.75) is 26.3 Å². The Kier molecular flexibility index (Phi) is 4.66. The van der Waals surface area contributed by atoms with E-state index in [1.165, 1.54) is 0 Å². The van der Waals surface area contributed by atoms with Gasteiger partial charge < -0.3 is 10.2 Å². The third kappa shape index (κ3) is 3.32. The van der Waals surface area contributed by atoms with Crippen LogP contribution in [0, 0.1) is 13.8 Å². The molecule has 2 aromatic heterocycles. The van der Waals surface area contributed by atoms with Crippen LogP contribution >= 0.6 is 0 Å². The monoisotopic (exact) mass is 363 g/mol. The number of nitrogens with one attached hydrogen (secondary N) is 1. The van der Waals surface area contributed by atoms with Crippen molar-refractivity contribution in [3.05, 3.63) is 59.0 Å². The molecule has 27 heavy (non-hydrogen) atoms. The number of carbonyl (C=O) groups is 1. The van der Waals surface area contributed by atoms with Gasteiger partial charge in [0.05, 0.1) is 24.2 Å². The number of nitrogens with zero attached hydrogens (tertiary/aromatic N) is 4. The summed E-state index contributed by atoms with van der Waals surface area (Å²) in [4.78, 5) is 19.9. The minimum Gasteiger partial charge on any atom is -0.333 e. The molecule has 1 N–H and O–H groups in total. The summed E-state index contributed by atoms with van der Waals surface area (Å²) in [6.45, 7) is 6.37. The van der Waals surface area contributed by atoms with E-state index < -0.39 is 0 Å². The van der Waals surface area contributed by atoms with Crippen LogP contribution in [-0.2, 0) is 18.3 Å². The maximum Gasteiger partial charge on any atom is 0.227 e. The van der Waals surface area contributed by atoms with Crippen LogP contribution in [0.25, 0.3) is 10.9 Å². The van der Waals surface area contributed by atoms with Gasteiger partial charge in [-0.2, -0.15) is 5.10 Å². The van der Waals surface area contributed by atoms with E-state index >= 15 is 0 Å². The summed E-state index contributed by atoms with van der Waals surface area (Å²) >= 11 is 0. The van der Waals surface area contributed by atoms with Crippen molar-refractivity contribution in [2.75, 3.05) is 19.6 Å². The first-order chi connectivity index (χ1) is 13.0. The number of benzene rings is 1. The minimum absolute atomic E-state index is 0.0222. The van der Waals surface area contributed by atoms with Gasteiger partial charge in [0.1, 0.15) is 0 Å². The Hall–Kier alpha value is -2.73. The molecular formula is C21H25N5O. The SMILES string of the molecule is Cc1nc2ccccc2c(C)c1CC(=O)N1CCNCC1c1cnn(C)c1. The van der Waals surface area contributed by atoms with E-state index in [4.69, 9.17) is 4.98 Å². The zero-order chi connectivity index (χ0) is 19.0. The topological polar surface area (TPSA) is 63.1 Å². The lowest BCUT2D eigenvalue weighted by molar-refractivity contribution is -0.133. The first-order valence-corrected chi connectivity index (χ1v) is 9.38. The second-order valence-corrected chi connectivity index (χ2v) is 7.25. The Balaban J connectivity index is 1.64. The summed E-state index contributed by atoms with van der Waals surface area (Å²) in [7, 11) is 1.90. The Bertz CT molecular complexity index is 993. The van der Waals surface area contributed by atoms with Gasteiger partial charge in [0.15, 0.2) is 0 Å². The highest BCUT2D eigenvalue weighted by Crippen LogP contribution is 2.26. The van der Waals surface area contributed by atoms with Crippen molar-refractivity contribution in [3.8, 4) is 0 Å². The molecule has 0 aliphatic carbocycles. The molecule has 3 heterocycles. The normalized spacial score (nSPS) is 17.4. The van der Waals surface area contributed by atoms with E-state index in [-0.39, 0.29) is 11.9 Å². The molecule has 6 nitrogen and oxygen atoms in total. The fourth-order valence-corrected chi connectivity index (χ4v) is 4.00. The van der Waals surface area contributed by atoms with Gasteiger partial charge in [0.2, 0.25) is 5.91 Å². The fourth-order valence-electron chi connectivity index (χ4n) is 4.00. The number of piperazine rings is 1. The Morgan fingerprint density at radius 3 is 2.89 bits per heavy atom. The molecule has 1 aliphatic rings. The average Bonchev–Trinajstić information content (AvgIpc) is 3.11. The van der Waals surface area contributed by atoms with E-state index in [9.17, 15) is 4.79 Å². The highest BCUT2D eigenvalue weighted by atomic mass is 16.2. The number of rotatable bonds is 3. The van der Waals surface area contributed by atoms with Gasteiger partial charge in [0.25, 0.3) is 0 Å². The number of aryl methyl sites for hydroxylation is 3. The second-order valence-electron chi connectivity index (χ2n) is 7.25. The van der Waals surface area contributed by atoms with E-state index in [1.54, 1.807) is 4.68 Å². The summed E-state index contributed by atoms with van der Waals surface area (Å²) in [5.41, 5.74) is 5.19. The third-order valence-corrected chi connectivity index (χ3v) is 5.49. The largest absolute Gasteiger partial charge is 0.333 e. The fraction of sp³-hybridized carbons (Fsp3) is 0.381. The summed E-state index contributed by atoms with van der Waals surface area (Å²) in [6.07, 6.45) is 4.23. The quantitative estimate of drug-likeness (QED) is 0.776. The molecule has 1 aromatic carbocycles. The highest BCUT2D eigenvalue weighted by molar-refractivity contribution is 5.86. The molecule has 1 atom stereocenters. The summed E-state index contributed by atoms with van der Waals surface area (Å²) in [6, 6.07) is 8.14. The van der Waals surface area contributed by atoms with E-state index in [1.807, 2.05) is 49.5 Å². The Morgan fingerprint density at radius 1 is 1.30 bits per heavy atom. The third-order valence-electron chi connectivity index (χ3n) is 5.49. The van der Waals surface area contributed by atoms with Crippen molar-refractivity contribution in [1.82, 2.24) is 25.0 Å².